The fraction of sp³-hybridized carbons (Fsp3) is 0.208. The normalized spacial score (nSPS) is 13.7. The number of nitrogens with one attached hydrogen (secondary N) is 1. The fourth-order valence-corrected chi connectivity index (χ4v) is 4.44. The van der Waals surface area contributed by atoms with Crippen LogP contribution in [0.4, 0.5) is 17.1 Å². The maximum absolute atomic E-state index is 12.9. The Morgan fingerprint density at radius 1 is 1.09 bits per heavy atom. The van der Waals surface area contributed by atoms with E-state index >= 15 is 0 Å². The van der Waals surface area contributed by atoms with Crippen LogP contribution in [0.1, 0.15) is 29.6 Å². The molecule has 0 unspecified atom stereocenters. The molecule has 9 nitrogen and oxygen atoms in total. The van der Waals surface area contributed by atoms with Crippen molar-refractivity contribution in [1.82, 2.24) is 9.97 Å². The molecular formula is C24H20BrN5O4. The first-order valence-corrected chi connectivity index (χ1v) is 11.6. The van der Waals surface area contributed by atoms with Gasteiger partial charge in [0.15, 0.2) is 5.58 Å². The zero-order valence-corrected chi connectivity index (χ0v) is 19.6. The number of benzene rings is 2. The van der Waals surface area contributed by atoms with Gasteiger partial charge in [-0.15, -0.1) is 0 Å². The number of fused-ring (bicyclic) bond motifs is 1. The molecule has 0 aliphatic carbocycles. The highest BCUT2D eigenvalue weighted by Crippen LogP contribution is 2.32. The highest BCUT2D eigenvalue weighted by molar-refractivity contribution is 9.10. The molecule has 1 aliphatic rings. The zero-order valence-electron chi connectivity index (χ0n) is 18.0. The lowest BCUT2D eigenvalue weighted by atomic mass is 10.1. The molecule has 4 aromatic rings. The number of carbonyl (C=O) groups excluding carboxylic acids is 1. The second-order valence-corrected chi connectivity index (χ2v) is 8.97. The molecule has 0 saturated carbocycles. The Labute approximate surface area is 203 Å². The Kier molecular flexibility index (Phi) is 5.97. The summed E-state index contributed by atoms with van der Waals surface area (Å²) in [6.07, 6.45) is 6.46. The lowest BCUT2D eigenvalue weighted by Gasteiger charge is -2.28. The van der Waals surface area contributed by atoms with Gasteiger partial charge in [-0.05, 0) is 71.6 Å². The number of pyridine rings is 1. The lowest BCUT2D eigenvalue weighted by molar-refractivity contribution is -0.384. The molecule has 1 fully saturated rings. The number of nitro groups is 1. The predicted molar refractivity (Wildman–Crippen MR) is 132 cm³/mol. The van der Waals surface area contributed by atoms with Crippen LogP contribution in [0.3, 0.4) is 0 Å². The Bertz CT molecular complexity index is 1400. The van der Waals surface area contributed by atoms with Gasteiger partial charge in [0.25, 0.3) is 11.6 Å². The molecule has 1 saturated heterocycles. The quantitative estimate of drug-likeness (QED) is 0.260. The molecule has 1 N–H and O–H groups in total. The number of amides is 1. The van der Waals surface area contributed by atoms with Crippen molar-refractivity contribution in [2.45, 2.75) is 19.3 Å². The second kappa shape index (κ2) is 9.22. The minimum Gasteiger partial charge on any atom is -0.436 e. The third-order valence-electron chi connectivity index (χ3n) is 5.73. The van der Waals surface area contributed by atoms with Gasteiger partial charge >= 0.3 is 0 Å². The Hall–Kier alpha value is -3.79. The van der Waals surface area contributed by atoms with Crippen LogP contribution in [0.5, 0.6) is 0 Å². The van der Waals surface area contributed by atoms with Crippen molar-refractivity contribution < 1.29 is 14.1 Å². The number of nitro benzene ring substituents is 1. The predicted octanol–water partition coefficient (Wildman–Crippen LogP) is 5.80. The van der Waals surface area contributed by atoms with Gasteiger partial charge in [-0.1, -0.05) is 0 Å². The van der Waals surface area contributed by atoms with Crippen molar-refractivity contribution in [3.8, 4) is 11.5 Å². The van der Waals surface area contributed by atoms with Gasteiger partial charge in [-0.2, -0.15) is 0 Å². The van der Waals surface area contributed by atoms with Crippen LogP contribution in [0.25, 0.3) is 22.6 Å². The average molecular weight is 522 g/mol. The number of hydrogen-bond acceptors (Lipinski definition) is 7. The Balaban J connectivity index is 1.38. The van der Waals surface area contributed by atoms with Gasteiger partial charge in [-0.25, -0.2) is 4.98 Å². The molecule has 172 valence electrons. The molecule has 0 atom stereocenters. The number of hydrogen-bond donors (Lipinski definition) is 1. The molecule has 3 heterocycles. The number of halogens is 1. The number of aromatic nitrogens is 2. The first-order chi connectivity index (χ1) is 16.5. The van der Waals surface area contributed by atoms with E-state index in [0.717, 1.165) is 42.4 Å². The molecule has 34 heavy (non-hydrogen) atoms. The van der Waals surface area contributed by atoms with E-state index in [1.165, 1.54) is 6.07 Å². The van der Waals surface area contributed by atoms with Crippen molar-refractivity contribution in [2.24, 2.45) is 0 Å². The summed E-state index contributed by atoms with van der Waals surface area (Å²) in [5, 5.41) is 14.5. The van der Waals surface area contributed by atoms with Crippen LogP contribution in [0, 0.1) is 10.1 Å². The number of anilines is 2. The molecule has 0 radical (unpaired) electrons. The summed E-state index contributed by atoms with van der Waals surface area (Å²) in [4.78, 5) is 34.8. The van der Waals surface area contributed by atoms with E-state index in [0.29, 0.717) is 28.4 Å². The van der Waals surface area contributed by atoms with Crippen molar-refractivity contribution in [3.05, 3.63) is 75.0 Å². The van der Waals surface area contributed by atoms with E-state index in [4.69, 9.17) is 4.42 Å². The smallest absolute Gasteiger partial charge is 0.293 e. The van der Waals surface area contributed by atoms with Crippen molar-refractivity contribution in [1.29, 1.82) is 0 Å². The minimum absolute atomic E-state index is 0.0613. The number of nitrogens with zero attached hydrogens (tertiary/aromatic N) is 4. The van der Waals surface area contributed by atoms with Crippen LogP contribution >= 0.6 is 15.9 Å². The van der Waals surface area contributed by atoms with E-state index in [1.54, 1.807) is 42.7 Å². The van der Waals surface area contributed by atoms with Gasteiger partial charge in [0.2, 0.25) is 5.89 Å². The van der Waals surface area contributed by atoms with Crippen molar-refractivity contribution in [2.75, 3.05) is 23.3 Å². The van der Waals surface area contributed by atoms with Crippen LogP contribution in [0.15, 0.2) is 63.7 Å². The van der Waals surface area contributed by atoms with Crippen LogP contribution in [-0.4, -0.2) is 33.9 Å². The van der Waals surface area contributed by atoms with Crippen molar-refractivity contribution in [3.63, 3.8) is 0 Å². The Morgan fingerprint density at radius 3 is 2.68 bits per heavy atom. The summed E-state index contributed by atoms with van der Waals surface area (Å²) in [5.74, 6) is -0.0243. The van der Waals surface area contributed by atoms with Gasteiger partial charge in [0.05, 0.1) is 10.5 Å². The van der Waals surface area contributed by atoms with E-state index in [1.807, 2.05) is 11.0 Å². The molecule has 10 heteroatoms. The van der Waals surface area contributed by atoms with Crippen molar-refractivity contribution >= 4 is 50.0 Å². The maximum Gasteiger partial charge on any atom is 0.293 e. The van der Waals surface area contributed by atoms with Crippen LogP contribution < -0.4 is 10.2 Å². The number of oxazole rings is 1. The number of rotatable bonds is 5. The van der Waals surface area contributed by atoms with Gasteiger partial charge in [0, 0.05) is 47.3 Å². The summed E-state index contributed by atoms with van der Waals surface area (Å²) in [6, 6.07) is 11.6. The molecule has 1 aliphatic heterocycles. The molecule has 2 aromatic carbocycles. The summed E-state index contributed by atoms with van der Waals surface area (Å²) in [5.41, 5.74) is 3.07. The van der Waals surface area contributed by atoms with Crippen LogP contribution in [0.2, 0.25) is 0 Å². The number of carbonyl (C=O) groups is 1. The number of piperidine rings is 1. The molecule has 2 aromatic heterocycles. The molecule has 0 bridgehead atoms. The first-order valence-electron chi connectivity index (χ1n) is 10.8. The average Bonchev–Trinajstić information content (AvgIpc) is 3.28. The van der Waals surface area contributed by atoms with Gasteiger partial charge in [0.1, 0.15) is 11.2 Å². The van der Waals surface area contributed by atoms with E-state index < -0.39 is 10.8 Å². The maximum atomic E-state index is 12.9. The highest BCUT2D eigenvalue weighted by atomic mass is 79.9. The van der Waals surface area contributed by atoms with Gasteiger partial charge in [-0.3, -0.25) is 19.9 Å². The SMILES string of the molecule is O=C(Nc1ccc2oc(-c3cncc(Br)c3)nc2c1)c1ccc(N2CCCCC2)c([N+](=O)[O-])c1. The highest BCUT2D eigenvalue weighted by Gasteiger charge is 2.23. The second-order valence-electron chi connectivity index (χ2n) is 8.06. The zero-order chi connectivity index (χ0) is 23.7. The standard InChI is InChI=1S/C24H20BrN5O4/c25-17-10-16(13-26-14-17)24-28-19-12-18(5-7-22(19)34-24)27-23(31)15-4-6-20(21(11-15)30(32)33)29-8-2-1-3-9-29/h4-7,10-14H,1-3,8-9H2,(H,27,31). The molecule has 0 spiro atoms. The van der Waals surface area contributed by atoms with E-state index in [-0.39, 0.29) is 11.3 Å². The Morgan fingerprint density at radius 2 is 1.91 bits per heavy atom. The lowest BCUT2D eigenvalue weighted by Crippen LogP contribution is -2.30. The molecule has 1 amide bonds. The monoisotopic (exact) mass is 521 g/mol. The fourth-order valence-electron chi connectivity index (χ4n) is 4.07. The third kappa shape index (κ3) is 4.49. The molecular weight excluding hydrogens is 502 g/mol. The molecule has 5 rings (SSSR count). The largest absolute Gasteiger partial charge is 0.436 e. The van der Waals surface area contributed by atoms with E-state index in [9.17, 15) is 14.9 Å². The third-order valence-corrected chi connectivity index (χ3v) is 6.16. The summed E-state index contributed by atoms with van der Waals surface area (Å²) >= 11 is 3.38. The topological polar surface area (TPSA) is 114 Å². The summed E-state index contributed by atoms with van der Waals surface area (Å²) in [6.45, 7) is 1.56. The van der Waals surface area contributed by atoms with Crippen LogP contribution in [-0.2, 0) is 0 Å². The minimum atomic E-state index is -0.437. The summed E-state index contributed by atoms with van der Waals surface area (Å²) < 4.78 is 6.61. The first kappa shape index (κ1) is 22.0. The summed E-state index contributed by atoms with van der Waals surface area (Å²) in [7, 11) is 0. The van der Waals surface area contributed by atoms with E-state index in [2.05, 4.69) is 31.2 Å². The van der Waals surface area contributed by atoms with Gasteiger partial charge < -0.3 is 14.6 Å².